The minimum absolute atomic E-state index is 0.0278. The van der Waals surface area contributed by atoms with E-state index in [1.807, 2.05) is 6.92 Å². The van der Waals surface area contributed by atoms with E-state index in [1.54, 1.807) is 0 Å². The number of carbonyl (C=O) groups is 1. The lowest BCUT2D eigenvalue weighted by Gasteiger charge is -2.07. The van der Waals surface area contributed by atoms with Crippen molar-refractivity contribution in [1.82, 2.24) is 5.32 Å². The van der Waals surface area contributed by atoms with Crippen molar-refractivity contribution in [3.05, 3.63) is 6.92 Å². The van der Waals surface area contributed by atoms with Gasteiger partial charge in [-0.25, -0.2) is 4.79 Å². The zero-order valence-corrected chi connectivity index (χ0v) is 5.55. The third-order valence-corrected chi connectivity index (χ3v) is 1.01. The normalized spacial score (nSPS) is 12.7. The SMILES string of the molecule is [CH2]CCC(C)NC(=O)O. The smallest absolute Gasteiger partial charge is 0.404 e. The Labute approximate surface area is 55.1 Å². The van der Waals surface area contributed by atoms with E-state index in [0.717, 1.165) is 12.8 Å². The molecule has 0 aliphatic carbocycles. The molecule has 2 N–H and O–H groups in total. The first-order chi connectivity index (χ1) is 4.16. The summed E-state index contributed by atoms with van der Waals surface area (Å²) in [6.45, 7) is 5.42. The van der Waals surface area contributed by atoms with Crippen LogP contribution in [-0.2, 0) is 0 Å². The quantitative estimate of drug-likeness (QED) is 0.604. The molecular weight excluding hydrogens is 118 g/mol. The molecule has 53 valence electrons. The Bertz CT molecular complexity index is 93.1. The van der Waals surface area contributed by atoms with E-state index in [9.17, 15) is 4.79 Å². The van der Waals surface area contributed by atoms with Crippen molar-refractivity contribution in [2.45, 2.75) is 25.8 Å². The van der Waals surface area contributed by atoms with Crippen LogP contribution in [0, 0.1) is 6.92 Å². The molecule has 0 bridgehead atoms. The summed E-state index contributed by atoms with van der Waals surface area (Å²) in [5, 5.41) is 10.5. The first kappa shape index (κ1) is 8.27. The molecule has 0 rings (SSSR count). The first-order valence-electron chi connectivity index (χ1n) is 2.95. The Kier molecular flexibility index (Phi) is 3.84. The van der Waals surface area contributed by atoms with Crippen LogP contribution in [0.3, 0.4) is 0 Å². The molecule has 3 heteroatoms. The van der Waals surface area contributed by atoms with Crippen LogP contribution in [-0.4, -0.2) is 17.2 Å². The van der Waals surface area contributed by atoms with Crippen LogP contribution in [0.5, 0.6) is 0 Å². The zero-order valence-electron chi connectivity index (χ0n) is 5.55. The van der Waals surface area contributed by atoms with Gasteiger partial charge in [0.05, 0.1) is 0 Å². The molecule has 0 aromatic carbocycles. The summed E-state index contributed by atoms with van der Waals surface area (Å²) < 4.78 is 0. The van der Waals surface area contributed by atoms with Gasteiger partial charge < -0.3 is 10.4 Å². The molecule has 0 spiro atoms. The summed E-state index contributed by atoms with van der Waals surface area (Å²) in [7, 11) is 0. The largest absolute Gasteiger partial charge is 0.465 e. The highest BCUT2D eigenvalue weighted by atomic mass is 16.4. The van der Waals surface area contributed by atoms with Crippen molar-refractivity contribution in [3.8, 4) is 0 Å². The molecule has 1 unspecified atom stereocenters. The number of rotatable bonds is 3. The van der Waals surface area contributed by atoms with Gasteiger partial charge in [-0.05, 0) is 13.3 Å². The monoisotopic (exact) mass is 130 g/mol. The molecule has 0 saturated carbocycles. The second-order valence-corrected chi connectivity index (χ2v) is 1.99. The van der Waals surface area contributed by atoms with Crippen molar-refractivity contribution < 1.29 is 9.90 Å². The lowest BCUT2D eigenvalue weighted by molar-refractivity contribution is 0.190. The highest BCUT2D eigenvalue weighted by molar-refractivity contribution is 5.64. The molecule has 3 nitrogen and oxygen atoms in total. The summed E-state index contributed by atoms with van der Waals surface area (Å²) in [4.78, 5) is 9.95. The minimum Gasteiger partial charge on any atom is -0.465 e. The van der Waals surface area contributed by atoms with Crippen molar-refractivity contribution in [1.29, 1.82) is 0 Å². The maximum atomic E-state index is 9.95. The second-order valence-electron chi connectivity index (χ2n) is 1.99. The summed E-state index contributed by atoms with van der Waals surface area (Å²) in [6, 6.07) is 0.0278. The fourth-order valence-electron chi connectivity index (χ4n) is 0.589. The van der Waals surface area contributed by atoms with Gasteiger partial charge in [0, 0.05) is 6.04 Å². The topological polar surface area (TPSA) is 49.3 Å². The van der Waals surface area contributed by atoms with Gasteiger partial charge in [-0.2, -0.15) is 0 Å². The van der Waals surface area contributed by atoms with Crippen LogP contribution >= 0.6 is 0 Å². The molecule has 0 aromatic rings. The summed E-state index contributed by atoms with van der Waals surface area (Å²) >= 11 is 0. The molecule has 9 heavy (non-hydrogen) atoms. The molecule has 1 amide bonds. The predicted molar refractivity (Wildman–Crippen MR) is 35.2 cm³/mol. The summed E-state index contributed by atoms with van der Waals surface area (Å²) in [6.07, 6.45) is 0.601. The Morgan fingerprint density at radius 1 is 1.89 bits per heavy atom. The van der Waals surface area contributed by atoms with Gasteiger partial charge in [0.15, 0.2) is 0 Å². The third kappa shape index (κ3) is 5.14. The number of hydrogen-bond acceptors (Lipinski definition) is 1. The first-order valence-corrected chi connectivity index (χ1v) is 2.95. The molecule has 1 radical (unpaired) electrons. The van der Waals surface area contributed by atoms with Crippen molar-refractivity contribution >= 4 is 6.09 Å². The van der Waals surface area contributed by atoms with E-state index in [-0.39, 0.29) is 6.04 Å². The van der Waals surface area contributed by atoms with Crippen LogP contribution in [0.15, 0.2) is 0 Å². The standard InChI is InChI=1S/C6H12NO2/c1-3-4-5(2)7-6(8)9/h5,7H,1,3-4H2,2H3,(H,8,9). The van der Waals surface area contributed by atoms with Crippen LogP contribution in [0.25, 0.3) is 0 Å². The molecule has 0 aromatic heterocycles. The number of amides is 1. The Morgan fingerprint density at radius 2 is 2.44 bits per heavy atom. The molecule has 0 fully saturated rings. The Hall–Kier alpha value is -0.730. The highest BCUT2D eigenvalue weighted by Gasteiger charge is 2.01. The predicted octanol–water partition coefficient (Wildman–Crippen LogP) is 1.26. The maximum Gasteiger partial charge on any atom is 0.404 e. The molecule has 0 aliphatic heterocycles. The summed E-state index contributed by atoms with van der Waals surface area (Å²) in [5.41, 5.74) is 0. The Balaban J connectivity index is 3.26. The molecule has 0 aliphatic rings. The van der Waals surface area contributed by atoms with Crippen LogP contribution in [0.2, 0.25) is 0 Å². The molecule has 0 heterocycles. The lowest BCUT2D eigenvalue weighted by atomic mass is 10.2. The maximum absolute atomic E-state index is 9.95. The van der Waals surface area contributed by atoms with Crippen LogP contribution < -0.4 is 5.32 Å². The zero-order chi connectivity index (χ0) is 7.28. The number of carboxylic acid groups (broad SMARTS) is 1. The number of nitrogens with one attached hydrogen (secondary N) is 1. The van der Waals surface area contributed by atoms with Gasteiger partial charge >= 0.3 is 6.09 Å². The molecule has 1 atom stereocenters. The van der Waals surface area contributed by atoms with Crippen molar-refractivity contribution in [2.24, 2.45) is 0 Å². The third-order valence-electron chi connectivity index (χ3n) is 1.01. The number of hydrogen-bond donors (Lipinski definition) is 2. The minimum atomic E-state index is -0.962. The van der Waals surface area contributed by atoms with E-state index in [4.69, 9.17) is 5.11 Å². The van der Waals surface area contributed by atoms with Gasteiger partial charge in [0.25, 0.3) is 0 Å². The van der Waals surface area contributed by atoms with Gasteiger partial charge in [-0.3, -0.25) is 0 Å². The van der Waals surface area contributed by atoms with E-state index >= 15 is 0 Å². The van der Waals surface area contributed by atoms with Crippen molar-refractivity contribution in [3.63, 3.8) is 0 Å². The van der Waals surface area contributed by atoms with E-state index in [1.165, 1.54) is 0 Å². The van der Waals surface area contributed by atoms with Crippen molar-refractivity contribution in [2.75, 3.05) is 0 Å². The summed E-state index contributed by atoms with van der Waals surface area (Å²) in [5.74, 6) is 0. The highest BCUT2D eigenvalue weighted by Crippen LogP contribution is 1.92. The van der Waals surface area contributed by atoms with Gasteiger partial charge in [-0.15, -0.1) is 0 Å². The van der Waals surface area contributed by atoms with E-state index in [0.29, 0.717) is 0 Å². The van der Waals surface area contributed by atoms with Gasteiger partial charge in [0.2, 0.25) is 0 Å². The fourth-order valence-corrected chi connectivity index (χ4v) is 0.589. The lowest BCUT2D eigenvalue weighted by Crippen LogP contribution is -2.30. The van der Waals surface area contributed by atoms with Crippen LogP contribution in [0.4, 0.5) is 4.79 Å². The Morgan fingerprint density at radius 3 is 2.78 bits per heavy atom. The second kappa shape index (κ2) is 4.18. The molecule has 0 saturated heterocycles. The average Bonchev–Trinajstić information content (AvgIpc) is 1.63. The van der Waals surface area contributed by atoms with E-state index < -0.39 is 6.09 Å². The van der Waals surface area contributed by atoms with Gasteiger partial charge in [-0.1, -0.05) is 13.3 Å². The van der Waals surface area contributed by atoms with E-state index in [2.05, 4.69) is 12.2 Å². The van der Waals surface area contributed by atoms with Crippen LogP contribution in [0.1, 0.15) is 19.8 Å². The van der Waals surface area contributed by atoms with Gasteiger partial charge in [0.1, 0.15) is 0 Å². The fraction of sp³-hybridized carbons (Fsp3) is 0.667. The average molecular weight is 130 g/mol. The molecular formula is C6H12NO2.